The molecular weight excluding hydrogens is 247 g/mol. The Bertz CT molecular complexity index is 20.7. The number of hydrogen-bond donors (Lipinski definition) is 0. The van der Waals surface area contributed by atoms with Gasteiger partial charge in [-0.25, -0.2) is 0 Å². The van der Waals surface area contributed by atoms with E-state index in [-0.39, 0.29) is 33.6 Å². The van der Waals surface area contributed by atoms with E-state index in [9.17, 15) is 0 Å². The summed E-state index contributed by atoms with van der Waals surface area (Å²) in [6, 6.07) is 0. The maximum absolute atomic E-state index is 3.60. The first-order chi connectivity index (χ1) is 5.74. The normalized spacial score (nSPS) is 6.43. The molecule has 1 heteroatoms. The van der Waals surface area contributed by atoms with Gasteiger partial charge in [0.2, 0.25) is 0 Å². The van der Waals surface area contributed by atoms with Crippen LogP contribution in [-0.4, -0.2) is 0 Å². The van der Waals surface area contributed by atoms with Crippen LogP contribution in [0.25, 0.3) is 0 Å². The molecule has 0 bridgehead atoms. The third kappa shape index (κ3) is 121. The molecule has 0 aromatic carbocycles. The minimum Gasteiger partial charge on any atom is -0.358 e. The van der Waals surface area contributed by atoms with Crippen LogP contribution < -0.4 is 0 Å². The van der Waals surface area contributed by atoms with Gasteiger partial charge < -0.3 is 28.2 Å². The van der Waals surface area contributed by atoms with Crippen LogP contribution in [0.4, 0.5) is 0 Å². The van der Waals surface area contributed by atoms with Gasteiger partial charge in [0.05, 0.1) is 0 Å². The van der Waals surface area contributed by atoms with Crippen molar-refractivity contribution in [2.24, 2.45) is 0 Å². The zero-order chi connectivity index (χ0) is 10.2. The predicted molar refractivity (Wildman–Crippen MR) is 67.2 cm³/mol. The Morgan fingerprint density at radius 2 is 0.714 bits per heavy atom. The number of rotatable bonds is 3. The van der Waals surface area contributed by atoms with Crippen LogP contribution in [0.15, 0.2) is 0 Å². The van der Waals surface area contributed by atoms with Crippen molar-refractivity contribution in [3.8, 4) is 0 Å². The molecule has 0 aromatic heterocycles. The van der Waals surface area contributed by atoms with Gasteiger partial charge in [-0.1, -0.05) is 40.0 Å². The Kier molecular flexibility index (Phi) is 102. The fraction of sp³-hybridized carbons (Fsp3) is 0.692. The maximum atomic E-state index is 3.60. The Morgan fingerprint density at radius 3 is 0.714 bits per heavy atom. The van der Waals surface area contributed by atoms with Crippen molar-refractivity contribution in [3.05, 3.63) is 28.2 Å². The van der Waals surface area contributed by atoms with Crippen LogP contribution in [0, 0.1) is 28.2 Å². The standard InChI is InChI=1S/3C4H9.CH3.Zr/c3*1-3-4-2;;/h3*1,3-4H2,2H3;1H3;/q4*-1;+4. The molecule has 0 fully saturated rings. The third-order valence-electron chi connectivity index (χ3n) is 1.06. The monoisotopic (exact) mass is 276 g/mol. The summed E-state index contributed by atoms with van der Waals surface area (Å²) in [6.07, 6.45) is 6.83. The molecule has 0 saturated carbocycles. The fourth-order valence-corrected chi connectivity index (χ4v) is 0. The topological polar surface area (TPSA) is 0 Å². The molecule has 0 atom stereocenters. The van der Waals surface area contributed by atoms with Crippen LogP contribution >= 0.6 is 0 Å². The van der Waals surface area contributed by atoms with E-state index in [0.29, 0.717) is 0 Å². The summed E-state index contributed by atoms with van der Waals surface area (Å²) in [7, 11) is 0. The molecule has 0 radical (unpaired) electrons. The summed E-state index contributed by atoms with van der Waals surface area (Å²) in [5.74, 6) is 0. The van der Waals surface area contributed by atoms with E-state index in [1.54, 1.807) is 0 Å². The average Bonchev–Trinajstić information content (AvgIpc) is 2.18. The first kappa shape index (κ1) is 29.4. The zero-order valence-electron chi connectivity index (χ0n) is 10.9. The van der Waals surface area contributed by atoms with Gasteiger partial charge in [-0.2, -0.15) is 19.3 Å². The van der Waals surface area contributed by atoms with E-state index >= 15 is 0 Å². The average molecular weight is 278 g/mol. The molecule has 14 heavy (non-hydrogen) atoms. The summed E-state index contributed by atoms with van der Waals surface area (Å²) in [5, 5.41) is 0. The molecule has 0 aromatic rings. The molecule has 86 valence electrons. The van der Waals surface area contributed by atoms with E-state index in [2.05, 4.69) is 41.5 Å². The summed E-state index contributed by atoms with van der Waals surface area (Å²) in [4.78, 5) is 0. The van der Waals surface area contributed by atoms with Gasteiger partial charge in [-0.15, -0.1) is 0 Å². The van der Waals surface area contributed by atoms with Gasteiger partial charge in [-0.05, 0) is 0 Å². The SMILES string of the molecule is [CH2-]CCC.[CH2-]CCC.[CH2-]CCC.[CH3-].[Zr+4]. The van der Waals surface area contributed by atoms with Gasteiger partial charge in [0, 0.05) is 0 Å². The van der Waals surface area contributed by atoms with Gasteiger partial charge >= 0.3 is 26.2 Å². The van der Waals surface area contributed by atoms with E-state index < -0.39 is 0 Å². The first-order valence-corrected chi connectivity index (χ1v) is 5.12. The minimum absolute atomic E-state index is 0. The number of hydrogen-bond acceptors (Lipinski definition) is 0. The van der Waals surface area contributed by atoms with Crippen molar-refractivity contribution < 1.29 is 26.2 Å². The van der Waals surface area contributed by atoms with Crippen LogP contribution in [0.5, 0.6) is 0 Å². The molecule has 0 N–H and O–H groups in total. The molecule has 0 aliphatic rings. The molecule has 0 spiro atoms. The molecule has 0 nitrogen and oxygen atoms in total. The Labute approximate surface area is 113 Å². The van der Waals surface area contributed by atoms with Crippen molar-refractivity contribution in [1.82, 2.24) is 0 Å². The van der Waals surface area contributed by atoms with Crippen LogP contribution in [0.3, 0.4) is 0 Å². The molecule has 0 rings (SSSR count). The quantitative estimate of drug-likeness (QED) is 0.613. The van der Waals surface area contributed by atoms with Gasteiger partial charge in [0.1, 0.15) is 0 Å². The van der Waals surface area contributed by atoms with E-state index in [1.807, 2.05) is 0 Å². The Hall–Kier alpha value is 0.883. The Morgan fingerprint density at radius 1 is 0.643 bits per heavy atom. The van der Waals surface area contributed by atoms with Crippen LogP contribution in [0.2, 0.25) is 0 Å². The Balaban J connectivity index is -0.0000000270. The summed E-state index contributed by atoms with van der Waals surface area (Å²) >= 11 is 0. The molecule has 0 unspecified atom stereocenters. The summed E-state index contributed by atoms with van der Waals surface area (Å²) in [6.45, 7) is 17.2. The van der Waals surface area contributed by atoms with E-state index in [1.165, 1.54) is 19.3 Å². The second-order valence-corrected chi connectivity index (χ2v) is 2.56. The molecule has 0 aliphatic heterocycles. The van der Waals surface area contributed by atoms with Crippen molar-refractivity contribution in [2.45, 2.75) is 59.3 Å². The van der Waals surface area contributed by atoms with Crippen molar-refractivity contribution >= 4 is 0 Å². The fourth-order valence-electron chi connectivity index (χ4n) is 0. The van der Waals surface area contributed by atoms with E-state index in [4.69, 9.17) is 0 Å². The van der Waals surface area contributed by atoms with Gasteiger partial charge in [0.25, 0.3) is 0 Å². The van der Waals surface area contributed by atoms with E-state index in [0.717, 1.165) is 19.3 Å². The number of unbranched alkanes of at least 4 members (excludes halogenated alkanes) is 3. The third-order valence-corrected chi connectivity index (χ3v) is 1.06. The smallest absolute Gasteiger partial charge is 0.358 e. The van der Waals surface area contributed by atoms with Crippen molar-refractivity contribution in [2.75, 3.05) is 0 Å². The largest absolute Gasteiger partial charge is 4.00 e. The minimum atomic E-state index is 0. The molecule has 0 heterocycles. The van der Waals surface area contributed by atoms with Gasteiger partial charge in [-0.3, -0.25) is 0 Å². The molecule has 0 saturated heterocycles. The molecular formula is C13H30Zr. The van der Waals surface area contributed by atoms with Crippen LogP contribution in [0.1, 0.15) is 59.3 Å². The second-order valence-electron chi connectivity index (χ2n) is 2.56. The van der Waals surface area contributed by atoms with Crippen molar-refractivity contribution in [3.63, 3.8) is 0 Å². The predicted octanol–water partition coefficient (Wildman–Crippen LogP) is 5.31. The maximum Gasteiger partial charge on any atom is 4.00 e. The zero-order valence-corrected chi connectivity index (χ0v) is 13.3. The van der Waals surface area contributed by atoms with Gasteiger partial charge in [0.15, 0.2) is 0 Å². The summed E-state index contributed by atoms with van der Waals surface area (Å²) in [5.41, 5.74) is 0. The second kappa shape index (κ2) is 48.6. The molecule has 0 aliphatic carbocycles. The van der Waals surface area contributed by atoms with Crippen LogP contribution in [-0.2, 0) is 26.2 Å². The first-order valence-electron chi connectivity index (χ1n) is 5.12. The van der Waals surface area contributed by atoms with Crippen molar-refractivity contribution in [1.29, 1.82) is 0 Å². The molecule has 0 amide bonds. The summed E-state index contributed by atoms with van der Waals surface area (Å²) < 4.78 is 0.